The number of hydrogen-bond acceptors (Lipinski definition) is 3. The maximum atomic E-state index is 5.51. The molecule has 4 rings (SSSR count). The molecule has 0 saturated carbocycles. The molecule has 22 heavy (non-hydrogen) atoms. The quantitative estimate of drug-likeness (QED) is 0.604. The molecular weight excluding hydrogens is 274 g/mol. The van der Waals surface area contributed by atoms with Crippen molar-refractivity contribution in [3.8, 4) is 17.0 Å². The van der Waals surface area contributed by atoms with E-state index in [1.807, 2.05) is 43.3 Å². The number of fused-ring (bicyclic) bond motifs is 3. The molecule has 0 saturated heterocycles. The molecule has 0 unspecified atom stereocenters. The zero-order chi connectivity index (χ0) is 15.1. The first-order chi connectivity index (χ1) is 10.8. The number of para-hydroxylation sites is 1. The van der Waals surface area contributed by atoms with Crippen molar-refractivity contribution in [1.82, 2.24) is 15.2 Å². The van der Waals surface area contributed by atoms with Gasteiger partial charge in [0.15, 0.2) is 0 Å². The minimum atomic E-state index is 0.820. The number of benzene rings is 2. The molecule has 4 aromatic rings. The Kier molecular flexibility index (Phi) is 2.82. The minimum Gasteiger partial charge on any atom is -0.496 e. The first kappa shape index (κ1) is 12.8. The standard InChI is InChI=1S/C18H15N3O/c1-11-16-18(21-20-11)13-8-4-3-7-12(13)17(19-16)14-9-5-6-10-15(14)22-2/h3-10H,1-2H3,(H,20,21). The second kappa shape index (κ2) is 4.84. The summed E-state index contributed by atoms with van der Waals surface area (Å²) < 4.78 is 5.51. The molecule has 0 radical (unpaired) electrons. The fraction of sp³-hybridized carbons (Fsp3) is 0.111. The van der Waals surface area contributed by atoms with Crippen molar-refractivity contribution in [2.45, 2.75) is 6.92 Å². The van der Waals surface area contributed by atoms with Gasteiger partial charge in [-0.3, -0.25) is 5.10 Å². The molecule has 2 aromatic carbocycles. The van der Waals surface area contributed by atoms with Crippen LogP contribution in [-0.4, -0.2) is 22.3 Å². The highest BCUT2D eigenvalue weighted by Gasteiger charge is 2.15. The molecule has 0 spiro atoms. The third-order valence-electron chi connectivity index (χ3n) is 3.95. The number of aryl methyl sites for hydroxylation is 1. The van der Waals surface area contributed by atoms with Crippen LogP contribution in [0.15, 0.2) is 48.5 Å². The van der Waals surface area contributed by atoms with Crippen molar-refractivity contribution >= 4 is 21.8 Å². The summed E-state index contributed by atoms with van der Waals surface area (Å²) in [6.07, 6.45) is 0. The van der Waals surface area contributed by atoms with Gasteiger partial charge in [0.25, 0.3) is 0 Å². The number of pyridine rings is 1. The van der Waals surface area contributed by atoms with E-state index in [4.69, 9.17) is 9.72 Å². The van der Waals surface area contributed by atoms with Crippen LogP contribution in [0.3, 0.4) is 0 Å². The van der Waals surface area contributed by atoms with Crippen LogP contribution in [0.2, 0.25) is 0 Å². The second-order valence-electron chi connectivity index (χ2n) is 5.24. The van der Waals surface area contributed by atoms with E-state index in [2.05, 4.69) is 22.3 Å². The largest absolute Gasteiger partial charge is 0.496 e. The monoisotopic (exact) mass is 289 g/mol. The van der Waals surface area contributed by atoms with Crippen LogP contribution in [0, 0.1) is 6.92 Å². The smallest absolute Gasteiger partial charge is 0.128 e. The fourth-order valence-electron chi connectivity index (χ4n) is 2.88. The lowest BCUT2D eigenvalue weighted by Gasteiger charge is -2.11. The summed E-state index contributed by atoms with van der Waals surface area (Å²) in [6.45, 7) is 1.96. The first-order valence-electron chi connectivity index (χ1n) is 7.16. The molecule has 0 amide bonds. The molecular formula is C18H15N3O. The average molecular weight is 289 g/mol. The number of aromatic nitrogens is 3. The van der Waals surface area contributed by atoms with Gasteiger partial charge in [0.2, 0.25) is 0 Å². The summed E-state index contributed by atoms with van der Waals surface area (Å²) in [5.74, 6) is 0.820. The molecule has 2 aromatic heterocycles. The zero-order valence-electron chi connectivity index (χ0n) is 12.4. The lowest BCUT2D eigenvalue weighted by atomic mass is 10.0. The van der Waals surface area contributed by atoms with Crippen molar-refractivity contribution in [1.29, 1.82) is 0 Å². The summed E-state index contributed by atoms with van der Waals surface area (Å²) in [6, 6.07) is 16.2. The Morgan fingerprint density at radius 3 is 2.50 bits per heavy atom. The zero-order valence-corrected chi connectivity index (χ0v) is 12.4. The van der Waals surface area contributed by atoms with Gasteiger partial charge in [0.05, 0.1) is 24.0 Å². The van der Waals surface area contributed by atoms with Crippen molar-refractivity contribution < 1.29 is 4.74 Å². The predicted molar refractivity (Wildman–Crippen MR) is 88.1 cm³/mol. The summed E-state index contributed by atoms with van der Waals surface area (Å²) in [5.41, 5.74) is 4.69. The minimum absolute atomic E-state index is 0.820. The third kappa shape index (κ3) is 1.77. The van der Waals surface area contributed by atoms with E-state index in [1.54, 1.807) is 7.11 Å². The van der Waals surface area contributed by atoms with Gasteiger partial charge < -0.3 is 4.74 Å². The first-order valence-corrected chi connectivity index (χ1v) is 7.16. The Labute approximate surface area is 127 Å². The third-order valence-corrected chi connectivity index (χ3v) is 3.95. The maximum Gasteiger partial charge on any atom is 0.128 e. The van der Waals surface area contributed by atoms with Crippen LogP contribution in [0.4, 0.5) is 0 Å². The molecule has 0 aliphatic heterocycles. The Bertz CT molecular complexity index is 988. The molecule has 108 valence electrons. The van der Waals surface area contributed by atoms with Crippen LogP contribution in [0.25, 0.3) is 33.1 Å². The fourth-order valence-corrected chi connectivity index (χ4v) is 2.88. The van der Waals surface area contributed by atoms with Crippen LogP contribution in [0.1, 0.15) is 5.69 Å². The summed E-state index contributed by atoms with van der Waals surface area (Å²) >= 11 is 0. The number of rotatable bonds is 2. The highest BCUT2D eigenvalue weighted by molar-refractivity contribution is 6.10. The van der Waals surface area contributed by atoms with Crippen LogP contribution in [-0.2, 0) is 0 Å². The van der Waals surface area contributed by atoms with Crippen molar-refractivity contribution in [3.63, 3.8) is 0 Å². The normalized spacial score (nSPS) is 11.2. The number of aromatic amines is 1. The molecule has 4 heteroatoms. The van der Waals surface area contributed by atoms with Crippen LogP contribution >= 0.6 is 0 Å². The van der Waals surface area contributed by atoms with Gasteiger partial charge in [-0.15, -0.1) is 0 Å². The van der Waals surface area contributed by atoms with E-state index in [9.17, 15) is 0 Å². The lowest BCUT2D eigenvalue weighted by molar-refractivity contribution is 0.416. The molecule has 1 N–H and O–H groups in total. The maximum absolute atomic E-state index is 5.51. The molecule has 0 atom stereocenters. The number of methoxy groups -OCH3 is 1. The molecule has 0 aliphatic rings. The number of ether oxygens (including phenoxy) is 1. The lowest BCUT2D eigenvalue weighted by Crippen LogP contribution is -1.92. The van der Waals surface area contributed by atoms with Gasteiger partial charge in [-0.2, -0.15) is 5.10 Å². The Morgan fingerprint density at radius 1 is 0.955 bits per heavy atom. The van der Waals surface area contributed by atoms with Crippen LogP contribution in [0.5, 0.6) is 5.75 Å². The van der Waals surface area contributed by atoms with E-state index >= 15 is 0 Å². The highest BCUT2D eigenvalue weighted by atomic mass is 16.5. The Balaban J connectivity index is 2.17. The van der Waals surface area contributed by atoms with Gasteiger partial charge >= 0.3 is 0 Å². The van der Waals surface area contributed by atoms with Gasteiger partial charge in [-0.1, -0.05) is 36.4 Å². The van der Waals surface area contributed by atoms with E-state index in [0.29, 0.717) is 0 Å². The van der Waals surface area contributed by atoms with Crippen molar-refractivity contribution in [2.24, 2.45) is 0 Å². The van der Waals surface area contributed by atoms with E-state index in [0.717, 1.165) is 44.5 Å². The number of hydrogen-bond donors (Lipinski definition) is 1. The van der Waals surface area contributed by atoms with E-state index in [-0.39, 0.29) is 0 Å². The molecule has 0 aliphatic carbocycles. The topological polar surface area (TPSA) is 50.8 Å². The summed E-state index contributed by atoms with van der Waals surface area (Å²) in [7, 11) is 1.68. The van der Waals surface area contributed by atoms with E-state index < -0.39 is 0 Å². The highest BCUT2D eigenvalue weighted by Crippen LogP contribution is 2.36. The predicted octanol–water partition coefficient (Wildman–Crippen LogP) is 4.10. The van der Waals surface area contributed by atoms with Gasteiger partial charge in [-0.25, -0.2) is 4.98 Å². The molecule has 4 nitrogen and oxygen atoms in total. The van der Waals surface area contributed by atoms with Gasteiger partial charge in [0, 0.05) is 16.3 Å². The van der Waals surface area contributed by atoms with Gasteiger partial charge in [-0.05, 0) is 19.1 Å². The molecule has 0 bridgehead atoms. The Hall–Kier alpha value is -2.88. The van der Waals surface area contributed by atoms with Gasteiger partial charge in [0.1, 0.15) is 11.3 Å². The SMILES string of the molecule is COc1ccccc1-c1nc2c(C)n[nH]c2c2ccccc12. The average Bonchev–Trinajstić information content (AvgIpc) is 2.95. The molecule has 2 heterocycles. The van der Waals surface area contributed by atoms with E-state index in [1.165, 1.54) is 0 Å². The molecule has 0 fully saturated rings. The number of H-pyrrole nitrogens is 1. The number of nitrogens with one attached hydrogen (secondary N) is 1. The second-order valence-corrected chi connectivity index (χ2v) is 5.24. The van der Waals surface area contributed by atoms with Crippen molar-refractivity contribution in [2.75, 3.05) is 7.11 Å². The summed E-state index contributed by atoms with van der Waals surface area (Å²) in [5, 5.41) is 9.60. The van der Waals surface area contributed by atoms with Crippen molar-refractivity contribution in [3.05, 3.63) is 54.2 Å². The summed E-state index contributed by atoms with van der Waals surface area (Å²) in [4.78, 5) is 4.87. The Morgan fingerprint density at radius 2 is 1.68 bits per heavy atom. The number of nitrogens with zero attached hydrogens (tertiary/aromatic N) is 2. The van der Waals surface area contributed by atoms with Crippen LogP contribution < -0.4 is 4.74 Å².